The third-order valence-corrected chi connectivity index (χ3v) is 4.57. The second kappa shape index (κ2) is 6.06. The van der Waals surface area contributed by atoms with E-state index in [1.165, 1.54) is 24.3 Å². The van der Waals surface area contributed by atoms with Crippen LogP contribution >= 0.6 is 0 Å². The van der Waals surface area contributed by atoms with Crippen molar-refractivity contribution >= 4 is 16.8 Å². The highest BCUT2D eigenvalue weighted by Crippen LogP contribution is 2.22. The summed E-state index contributed by atoms with van der Waals surface area (Å²) in [6.45, 7) is 2.84. The van der Waals surface area contributed by atoms with Gasteiger partial charge in [-0.3, -0.25) is 14.3 Å². The minimum absolute atomic E-state index is 0.173. The second-order valence-corrected chi connectivity index (χ2v) is 6.42. The number of benzene rings is 1. The average molecular weight is 356 g/mol. The number of halogens is 1. The number of H-pyrrole nitrogens is 1. The molecule has 7 nitrogen and oxygen atoms in total. The van der Waals surface area contributed by atoms with Gasteiger partial charge in [-0.05, 0) is 31.2 Å². The van der Waals surface area contributed by atoms with Gasteiger partial charge in [-0.2, -0.15) is 5.10 Å². The van der Waals surface area contributed by atoms with Crippen LogP contribution in [0.15, 0.2) is 35.1 Å². The number of nitrogens with one attached hydrogen (secondary N) is 1. The molecule has 0 aliphatic carbocycles. The Kier molecular flexibility index (Phi) is 3.84. The Morgan fingerprint density at radius 1 is 1.31 bits per heavy atom. The van der Waals surface area contributed by atoms with E-state index in [9.17, 15) is 19.1 Å². The number of aromatic nitrogens is 3. The highest BCUT2D eigenvalue weighted by atomic mass is 19.1. The lowest BCUT2D eigenvalue weighted by Crippen LogP contribution is -2.38. The van der Waals surface area contributed by atoms with Crippen molar-refractivity contribution in [2.75, 3.05) is 6.54 Å². The molecule has 1 aromatic carbocycles. The SMILES string of the molecule is C[C@@H](O)c1cc2n(n1)CCN(C(=O)c1cc(=O)[nH]c3ccc(F)cc13)C2. The Hall–Kier alpha value is -3.00. The fourth-order valence-corrected chi connectivity index (χ4v) is 3.24. The first-order valence-electron chi connectivity index (χ1n) is 8.29. The highest BCUT2D eigenvalue weighted by molar-refractivity contribution is 6.06. The molecule has 8 heteroatoms. The van der Waals surface area contributed by atoms with E-state index < -0.39 is 17.5 Å². The summed E-state index contributed by atoms with van der Waals surface area (Å²) in [7, 11) is 0. The lowest BCUT2D eigenvalue weighted by Gasteiger charge is -2.28. The van der Waals surface area contributed by atoms with E-state index >= 15 is 0 Å². The van der Waals surface area contributed by atoms with E-state index in [0.717, 1.165) is 5.69 Å². The number of amides is 1. The predicted octanol–water partition coefficient (Wildman–Crippen LogP) is 1.57. The smallest absolute Gasteiger partial charge is 0.255 e. The van der Waals surface area contributed by atoms with Crippen LogP contribution in [-0.4, -0.2) is 37.2 Å². The summed E-state index contributed by atoms with van der Waals surface area (Å²) < 4.78 is 15.4. The number of carbonyl (C=O) groups is 1. The fourth-order valence-electron chi connectivity index (χ4n) is 3.24. The van der Waals surface area contributed by atoms with Gasteiger partial charge >= 0.3 is 0 Å². The Balaban J connectivity index is 1.71. The molecule has 0 bridgehead atoms. The summed E-state index contributed by atoms with van der Waals surface area (Å²) in [5, 5.41) is 14.4. The molecule has 2 N–H and O–H groups in total. The maximum atomic E-state index is 13.6. The minimum Gasteiger partial charge on any atom is -0.387 e. The van der Waals surface area contributed by atoms with Gasteiger partial charge in [0.05, 0.1) is 36.1 Å². The van der Waals surface area contributed by atoms with Gasteiger partial charge < -0.3 is 15.0 Å². The summed E-state index contributed by atoms with van der Waals surface area (Å²) in [5.74, 6) is -0.811. The van der Waals surface area contributed by atoms with Crippen LogP contribution in [0.2, 0.25) is 0 Å². The van der Waals surface area contributed by atoms with Crippen molar-refractivity contribution in [2.45, 2.75) is 26.1 Å². The summed E-state index contributed by atoms with van der Waals surface area (Å²) >= 11 is 0. The number of aromatic amines is 1. The van der Waals surface area contributed by atoms with E-state index in [-0.39, 0.29) is 11.5 Å². The van der Waals surface area contributed by atoms with Crippen molar-refractivity contribution in [1.82, 2.24) is 19.7 Å². The summed E-state index contributed by atoms with van der Waals surface area (Å²) in [6, 6.07) is 6.90. The number of hydrogen-bond donors (Lipinski definition) is 2. The zero-order valence-electron chi connectivity index (χ0n) is 14.1. The number of nitrogens with zero attached hydrogens (tertiary/aromatic N) is 3. The molecule has 0 saturated carbocycles. The van der Waals surface area contributed by atoms with Crippen molar-refractivity contribution in [3.05, 3.63) is 63.5 Å². The summed E-state index contributed by atoms with van der Waals surface area (Å²) in [4.78, 5) is 29.1. The third kappa shape index (κ3) is 2.78. The zero-order chi connectivity index (χ0) is 18.4. The largest absolute Gasteiger partial charge is 0.387 e. The molecule has 0 radical (unpaired) electrons. The molecular formula is C18H17FN4O3. The van der Waals surface area contributed by atoms with Crippen LogP contribution in [0.25, 0.3) is 10.9 Å². The van der Waals surface area contributed by atoms with Crippen molar-refractivity contribution in [2.24, 2.45) is 0 Å². The molecule has 0 fully saturated rings. The normalized spacial score (nSPS) is 15.1. The zero-order valence-corrected chi connectivity index (χ0v) is 14.1. The minimum atomic E-state index is -0.683. The predicted molar refractivity (Wildman–Crippen MR) is 92.1 cm³/mol. The number of fused-ring (bicyclic) bond motifs is 2. The molecule has 1 amide bonds. The molecule has 2 aromatic heterocycles. The van der Waals surface area contributed by atoms with Gasteiger partial charge in [0.25, 0.3) is 5.91 Å². The molecule has 26 heavy (non-hydrogen) atoms. The van der Waals surface area contributed by atoms with Gasteiger partial charge in [-0.15, -0.1) is 0 Å². The number of aliphatic hydroxyl groups excluding tert-OH is 1. The van der Waals surface area contributed by atoms with Crippen LogP contribution in [0.4, 0.5) is 4.39 Å². The van der Waals surface area contributed by atoms with Crippen LogP contribution in [0.5, 0.6) is 0 Å². The van der Waals surface area contributed by atoms with Gasteiger partial charge in [-0.25, -0.2) is 4.39 Å². The van der Waals surface area contributed by atoms with Gasteiger partial charge in [0.2, 0.25) is 5.56 Å². The Bertz CT molecular complexity index is 1070. The first-order chi connectivity index (χ1) is 12.4. The maximum absolute atomic E-state index is 13.6. The first-order valence-corrected chi connectivity index (χ1v) is 8.29. The number of carbonyl (C=O) groups excluding carboxylic acids is 1. The van der Waals surface area contributed by atoms with E-state index in [2.05, 4.69) is 10.1 Å². The standard InChI is InChI=1S/C18H17FN4O3/c1-10(24)16-7-12-9-22(4-5-23(12)21-16)18(26)14-8-17(25)20-15-3-2-11(19)6-13(14)15/h2-3,6-8,10,24H,4-5,9H2,1H3,(H,20,25)/t10-/m1/s1. The molecule has 3 heterocycles. The molecule has 1 atom stereocenters. The first kappa shape index (κ1) is 16.5. The number of rotatable bonds is 2. The Morgan fingerprint density at radius 3 is 2.88 bits per heavy atom. The quantitative estimate of drug-likeness (QED) is 0.729. The summed E-state index contributed by atoms with van der Waals surface area (Å²) in [6.07, 6.45) is -0.683. The van der Waals surface area contributed by atoms with E-state index in [0.29, 0.717) is 36.2 Å². The topological polar surface area (TPSA) is 91.2 Å². The fraction of sp³-hybridized carbons (Fsp3) is 0.278. The molecule has 0 unspecified atom stereocenters. The van der Waals surface area contributed by atoms with Crippen molar-refractivity contribution in [3.63, 3.8) is 0 Å². The summed E-state index contributed by atoms with van der Waals surface area (Å²) in [5.41, 5.74) is 1.54. The molecular weight excluding hydrogens is 339 g/mol. The monoisotopic (exact) mass is 356 g/mol. The van der Waals surface area contributed by atoms with E-state index in [1.807, 2.05) is 0 Å². The molecule has 3 aromatic rings. The van der Waals surface area contributed by atoms with Gasteiger partial charge in [0.1, 0.15) is 5.82 Å². The molecule has 4 rings (SSSR count). The van der Waals surface area contributed by atoms with Crippen LogP contribution < -0.4 is 5.56 Å². The van der Waals surface area contributed by atoms with Crippen LogP contribution in [-0.2, 0) is 13.1 Å². The molecule has 0 spiro atoms. The second-order valence-electron chi connectivity index (χ2n) is 6.42. The molecule has 0 saturated heterocycles. The number of aliphatic hydroxyl groups is 1. The lowest BCUT2D eigenvalue weighted by atomic mass is 10.1. The van der Waals surface area contributed by atoms with Crippen LogP contribution in [0.3, 0.4) is 0 Å². The molecule has 1 aliphatic rings. The maximum Gasteiger partial charge on any atom is 0.255 e. The van der Waals surface area contributed by atoms with E-state index in [4.69, 9.17) is 0 Å². The third-order valence-electron chi connectivity index (χ3n) is 4.57. The number of pyridine rings is 1. The lowest BCUT2D eigenvalue weighted by molar-refractivity contribution is 0.0707. The van der Waals surface area contributed by atoms with Crippen LogP contribution in [0.1, 0.15) is 34.8 Å². The Labute approximate surface area is 147 Å². The molecule has 1 aliphatic heterocycles. The van der Waals surface area contributed by atoms with E-state index in [1.54, 1.807) is 22.6 Å². The highest BCUT2D eigenvalue weighted by Gasteiger charge is 2.25. The number of hydrogen-bond acceptors (Lipinski definition) is 4. The van der Waals surface area contributed by atoms with Crippen molar-refractivity contribution in [3.8, 4) is 0 Å². The van der Waals surface area contributed by atoms with Crippen LogP contribution in [0, 0.1) is 5.82 Å². The van der Waals surface area contributed by atoms with Gasteiger partial charge in [0, 0.05) is 23.5 Å². The van der Waals surface area contributed by atoms with Crippen molar-refractivity contribution in [1.29, 1.82) is 0 Å². The van der Waals surface area contributed by atoms with Gasteiger partial charge in [-0.1, -0.05) is 0 Å². The Morgan fingerprint density at radius 2 is 2.12 bits per heavy atom. The van der Waals surface area contributed by atoms with Crippen molar-refractivity contribution < 1.29 is 14.3 Å². The average Bonchev–Trinajstić information content (AvgIpc) is 3.04. The molecule has 134 valence electrons. The van der Waals surface area contributed by atoms with Gasteiger partial charge in [0.15, 0.2) is 0 Å².